The largest absolute Gasteiger partial charge is 0.355 e. The third kappa shape index (κ3) is 5.63. The van der Waals surface area contributed by atoms with Crippen LogP contribution < -0.4 is 0 Å². The topological polar surface area (TPSA) is 46.5 Å². The van der Waals surface area contributed by atoms with Crippen molar-refractivity contribution in [3.8, 4) is 39.1 Å². The smallest absolute Gasteiger partial charge is 0.0737 e. The van der Waals surface area contributed by atoms with Crippen LogP contribution in [0.5, 0.6) is 0 Å². The average molecular weight is 646 g/mol. The van der Waals surface area contributed by atoms with E-state index in [2.05, 4.69) is 186 Å². The van der Waals surface area contributed by atoms with E-state index in [1.54, 1.807) is 0 Å². The Morgan fingerprint density at radius 1 is 0.429 bits per heavy atom. The fraction of sp³-hybridized carbons (Fsp3) is 0. The number of rotatable bonds is 4. The minimum absolute atomic E-state index is 0. The van der Waals surface area contributed by atoms with Crippen molar-refractivity contribution in [2.24, 2.45) is 0 Å². The van der Waals surface area contributed by atoms with Crippen molar-refractivity contribution in [3.05, 3.63) is 174 Å². The van der Waals surface area contributed by atoms with Gasteiger partial charge in [0.15, 0.2) is 0 Å². The van der Waals surface area contributed by atoms with E-state index in [0.29, 0.717) is 0 Å². The molecular weight excluding hydrogens is 615 g/mol. The van der Waals surface area contributed by atoms with E-state index in [1.165, 1.54) is 0 Å². The average Bonchev–Trinajstić information content (AvgIpc) is 3.95. The zero-order valence-electron chi connectivity index (χ0n) is 26.5. The predicted molar refractivity (Wildman–Crippen MR) is 207 cm³/mol. The highest BCUT2D eigenvalue weighted by molar-refractivity contribution is 6.92. The Morgan fingerprint density at radius 3 is 1.49 bits per heavy atom. The highest BCUT2D eigenvalue weighted by atomic mass is 31.0. The van der Waals surface area contributed by atoms with Gasteiger partial charge in [0.05, 0.1) is 33.8 Å². The quantitative estimate of drug-likeness (QED) is 0.194. The number of para-hydroxylation sites is 1. The number of aromatic nitrogens is 4. The highest BCUT2D eigenvalue weighted by Crippen LogP contribution is 2.47. The highest BCUT2D eigenvalue weighted by Gasteiger charge is 2.25. The number of aromatic amines is 1. The molecule has 4 nitrogen and oxygen atoms in total. The van der Waals surface area contributed by atoms with Crippen LogP contribution in [0.4, 0.5) is 0 Å². The zero-order chi connectivity index (χ0) is 31.9. The third-order valence-electron chi connectivity index (χ3n) is 8.87. The third-order valence-corrected chi connectivity index (χ3v) is 8.87. The first-order valence-electron chi connectivity index (χ1n) is 16.2. The molecule has 0 amide bonds. The summed E-state index contributed by atoms with van der Waals surface area (Å²) in [6.07, 6.45) is 8.44. The fourth-order valence-corrected chi connectivity index (χ4v) is 6.81. The van der Waals surface area contributed by atoms with Gasteiger partial charge in [0.2, 0.25) is 0 Å². The molecule has 49 heavy (non-hydrogen) atoms. The lowest BCUT2D eigenvalue weighted by molar-refractivity contribution is 1.17. The molecule has 1 N–H and O–H groups in total. The van der Waals surface area contributed by atoms with Crippen molar-refractivity contribution in [1.82, 2.24) is 19.5 Å². The van der Waals surface area contributed by atoms with Crippen LogP contribution in [0.2, 0.25) is 0 Å². The van der Waals surface area contributed by atoms with Crippen molar-refractivity contribution in [3.63, 3.8) is 0 Å². The second kappa shape index (κ2) is 12.8. The van der Waals surface area contributed by atoms with Crippen molar-refractivity contribution in [2.75, 3.05) is 0 Å². The molecule has 5 heteroatoms. The maximum absolute atomic E-state index is 5.29. The monoisotopic (exact) mass is 645 g/mol. The molecule has 4 aromatic carbocycles. The van der Waals surface area contributed by atoms with Crippen molar-refractivity contribution < 1.29 is 0 Å². The Balaban J connectivity index is 0.00000348. The Kier molecular flexibility index (Phi) is 7.93. The first kappa shape index (κ1) is 30.3. The van der Waals surface area contributed by atoms with Crippen molar-refractivity contribution in [2.45, 2.75) is 0 Å². The first-order valence-corrected chi connectivity index (χ1v) is 16.2. The SMILES string of the molecule is C1=Cc2cc3c(-c4ccccc4)c(-c4ccccc4)c(c(-c4ccccc4)c4nc(cc5ccc(cc1n2)[nH]5)C=C4)n3-c1ccccc1.[P]. The van der Waals surface area contributed by atoms with Gasteiger partial charge in [-0.2, -0.15) is 0 Å². The summed E-state index contributed by atoms with van der Waals surface area (Å²) in [7, 11) is 0. The van der Waals surface area contributed by atoms with Crippen LogP contribution in [0, 0.1) is 0 Å². The Bertz CT molecular complexity index is 2530. The molecule has 0 spiro atoms. The van der Waals surface area contributed by atoms with E-state index in [-0.39, 0.29) is 9.90 Å². The predicted octanol–water partition coefficient (Wildman–Crippen LogP) is 12.0. The Hall–Kier alpha value is -6.09. The van der Waals surface area contributed by atoms with Gasteiger partial charge < -0.3 is 9.55 Å². The van der Waals surface area contributed by atoms with Gasteiger partial charge in [0, 0.05) is 43.3 Å². The Morgan fingerprint density at radius 2 is 0.898 bits per heavy atom. The number of nitrogens with zero attached hydrogens (tertiary/aromatic N) is 3. The van der Waals surface area contributed by atoms with Gasteiger partial charge in [0.1, 0.15) is 0 Å². The van der Waals surface area contributed by atoms with E-state index in [1.807, 2.05) is 0 Å². The molecule has 8 bridgehead atoms. The standard InChI is InChI=1S/C44H30N4.P/c1-5-13-30(14-6-1)41-39-26-25-36(47-39)28-35-22-21-33(45-35)27-34-23-24-37(46-34)29-40-42(31-15-7-2-8-16-31)43(32-17-9-3-10-18-32)44(41)48(40)38-19-11-4-12-20-38;/h1-29,45H;. The van der Waals surface area contributed by atoms with Crippen LogP contribution in [0.1, 0.15) is 22.8 Å². The molecule has 0 saturated heterocycles. The van der Waals surface area contributed by atoms with Crippen LogP contribution in [0.15, 0.2) is 152 Å². The number of hydrogen-bond donors (Lipinski definition) is 1. The summed E-state index contributed by atoms with van der Waals surface area (Å²) in [6, 6.07) is 53.3. The van der Waals surface area contributed by atoms with Gasteiger partial charge in [0.25, 0.3) is 0 Å². The van der Waals surface area contributed by atoms with Gasteiger partial charge in [-0.1, -0.05) is 109 Å². The second-order valence-electron chi connectivity index (χ2n) is 12.0. The lowest BCUT2D eigenvalue weighted by atomic mass is 9.93. The lowest BCUT2D eigenvalue weighted by Gasteiger charge is -2.13. The molecular formula is C44H30N4P. The summed E-state index contributed by atoms with van der Waals surface area (Å²) in [6.45, 7) is 0. The van der Waals surface area contributed by atoms with Crippen LogP contribution in [0.3, 0.4) is 0 Å². The summed E-state index contributed by atoms with van der Waals surface area (Å²) in [5.74, 6) is 0. The van der Waals surface area contributed by atoms with E-state index in [0.717, 1.165) is 83.9 Å². The summed E-state index contributed by atoms with van der Waals surface area (Å²) < 4.78 is 2.41. The van der Waals surface area contributed by atoms with Gasteiger partial charge in [-0.3, -0.25) is 0 Å². The zero-order valence-corrected chi connectivity index (χ0v) is 27.4. The van der Waals surface area contributed by atoms with Crippen molar-refractivity contribution >= 4 is 56.3 Å². The van der Waals surface area contributed by atoms with Crippen LogP contribution in [-0.2, 0) is 0 Å². The summed E-state index contributed by atoms with van der Waals surface area (Å²) in [5.41, 5.74) is 15.4. The van der Waals surface area contributed by atoms with Crippen LogP contribution in [-0.4, -0.2) is 19.5 Å². The number of nitrogens with one attached hydrogen (secondary N) is 1. The maximum Gasteiger partial charge on any atom is 0.0737 e. The molecule has 5 heterocycles. The molecule has 2 aliphatic rings. The molecule has 0 aliphatic carbocycles. The minimum atomic E-state index is 0. The summed E-state index contributed by atoms with van der Waals surface area (Å²) in [4.78, 5) is 13.9. The molecule has 0 atom stereocenters. The fourth-order valence-electron chi connectivity index (χ4n) is 6.81. The van der Waals surface area contributed by atoms with E-state index < -0.39 is 0 Å². The number of benzene rings is 4. The van der Waals surface area contributed by atoms with E-state index in [4.69, 9.17) is 9.97 Å². The van der Waals surface area contributed by atoms with E-state index in [9.17, 15) is 0 Å². The lowest BCUT2D eigenvalue weighted by Crippen LogP contribution is -1.97. The number of fused-ring (bicyclic) bond motifs is 8. The molecule has 0 saturated carbocycles. The van der Waals surface area contributed by atoms with Crippen LogP contribution in [0.25, 0.3) is 85.4 Å². The summed E-state index contributed by atoms with van der Waals surface area (Å²) >= 11 is 0. The second-order valence-corrected chi connectivity index (χ2v) is 12.0. The van der Waals surface area contributed by atoms with Gasteiger partial charge in [-0.05, 0) is 83.5 Å². The van der Waals surface area contributed by atoms with Gasteiger partial charge in [-0.15, -0.1) is 0 Å². The Labute approximate surface area is 288 Å². The molecule has 2 aliphatic heterocycles. The van der Waals surface area contributed by atoms with Crippen LogP contribution >= 0.6 is 9.90 Å². The molecule has 7 aromatic rings. The summed E-state index contributed by atoms with van der Waals surface area (Å²) in [5, 5.41) is 0. The molecule has 9 rings (SSSR count). The van der Waals surface area contributed by atoms with Gasteiger partial charge in [-0.25, -0.2) is 9.97 Å². The van der Waals surface area contributed by atoms with Gasteiger partial charge >= 0.3 is 0 Å². The van der Waals surface area contributed by atoms with E-state index >= 15 is 0 Å². The number of H-pyrrole nitrogens is 1. The maximum atomic E-state index is 5.29. The molecule has 0 unspecified atom stereocenters. The number of hydrogen-bond acceptors (Lipinski definition) is 2. The first-order chi connectivity index (χ1) is 23.8. The van der Waals surface area contributed by atoms with Crippen molar-refractivity contribution in [1.29, 1.82) is 0 Å². The normalized spacial score (nSPS) is 11.8. The molecule has 231 valence electrons. The minimum Gasteiger partial charge on any atom is -0.355 e. The molecule has 0 fully saturated rings. The molecule has 3 radical (unpaired) electrons. The molecule has 3 aromatic heterocycles.